The van der Waals surface area contributed by atoms with Crippen molar-refractivity contribution in [2.24, 2.45) is 10.4 Å². The van der Waals surface area contributed by atoms with Gasteiger partial charge in [0.2, 0.25) is 0 Å². The Morgan fingerprint density at radius 2 is 1.68 bits per heavy atom. The Kier molecular flexibility index (Phi) is 8.50. The summed E-state index contributed by atoms with van der Waals surface area (Å²) in [5.74, 6) is 0.851. The standard InChI is InChI=1S/C20H39N3O2/c1-3-21-18(23-17-20(24)12-6-5-7-13-20)22-16-19(10-8-9-11-19)14-15-25-4-2/h24H,3-17H2,1-2H3,(H2,21,22,23). The van der Waals surface area contributed by atoms with Gasteiger partial charge >= 0.3 is 0 Å². The van der Waals surface area contributed by atoms with Gasteiger partial charge in [0.05, 0.1) is 5.60 Å². The lowest BCUT2D eigenvalue weighted by Crippen LogP contribution is -2.48. The van der Waals surface area contributed by atoms with Crippen LogP contribution in [0.2, 0.25) is 0 Å². The average molecular weight is 354 g/mol. The topological polar surface area (TPSA) is 65.9 Å². The summed E-state index contributed by atoms with van der Waals surface area (Å²) in [4.78, 5) is 4.89. The fourth-order valence-electron chi connectivity index (χ4n) is 4.27. The number of hydrogen-bond acceptors (Lipinski definition) is 3. The quantitative estimate of drug-likeness (QED) is 0.338. The van der Waals surface area contributed by atoms with Crippen molar-refractivity contribution >= 4 is 5.96 Å². The normalized spacial score (nSPS) is 22.8. The van der Waals surface area contributed by atoms with Gasteiger partial charge in [-0.3, -0.25) is 4.99 Å². The molecule has 5 heteroatoms. The van der Waals surface area contributed by atoms with Crippen molar-refractivity contribution in [3.05, 3.63) is 0 Å². The second-order valence-corrected chi connectivity index (χ2v) is 7.99. The highest BCUT2D eigenvalue weighted by Gasteiger charge is 2.34. The summed E-state index contributed by atoms with van der Waals surface area (Å²) in [6, 6.07) is 0. The molecule has 0 aliphatic heterocycles. The van der Waals surface area contributed by atoms with Gasteiger partial charge in [-0.1, -0.05) is 32.1 Å². The molecule has 2 fully saturated rings. The Morgan fingerprint density at radius 1 is 1.00 bits per heavy atom. The van der Waals surface area contributed by atoms with Crippen molar-refractivity contribution in [2.45, 2.75) is 83.7 Å². The van der Waals surface area contributed by atoms with E-state index in [1.165, 1.54) is 32.1 Å². The molecule has 25 heavy (non-hydrogen) atoms. The summed E-state index contributed by atoms with van der Waals surface area (Å²) in [6.45, 7) is 8.09. The molecule has 2 aliphatic rings. The smallest absolute Gasteiger partial charge is 0.191 e. The highest BCUT2D eigenvalue weighted by atomic mass is 16.5. The number of nitrogens with zero attached hydrogens (tertiary/aromatic N) is 1. The summed E-state index contributed by atoms with van der Waals surface area (Å²) in [7, 11) is 0. The van der Waals surface area contributed by atoms with Crippen LogP contribution in [0.25, 0.3) is 0 Å². The predicted octanol–water partition coefficient (Wildman–Crippen LogP) is 3.22. The Bertz CT molecular complexity index is 400. The second-order valence-electron chi connectivity index (χ2n) is 7.99. The molecule has 0 heterocycles. The first-order valence-electron chi connectivity index (χ1n) is 10.4. The van der Waals surface area contributed by atoms with E-state index in [4.69, 9.17) is 9.73 Å². The molecule has 146 valence electrons. The van der Waals surface area contributed by atoms with Gasteiger partial charge < -0.3 is 20.5 Å². The highest BCUT2D eigenvalue weighted by Crippen LogP contribution is 2.41. The molecule has 2 aliphatic carbocycles. The summed E-state index contributed by atoms with van der Waals surface area (Å²) < 4.78 is 5.60. The number of rotatable bonds is 9. The van der Waals surface area contributed by atoms with Crippen LogP contribution >= 0.6 is 0 Å². The molecule has 0 unspecified atom stereocenters. The van der Waals surface area contributed by atoms with Crippen LogP contribution in [0.5, 0.6) is 0 Å². The van der Waals surface area contributed by atoms with E-state index in [0.29, 0.717) is 12.0 Å². The third kappa shape index (κ3) is 6.78. The van der Waals surface area contributed by atoms with Gasteiger partial charge in [0.25, 0.3) is 0 Å². The van der Waals surface area contributed by atoms with E-state index in [0.717, 1.165) is 64.4 Å². The molecule has 0 aromatic heterocycles. The summed E-state index contributed by atoms with van der Waals surface area (Å²) >= 11 is 0. The van der Waals surface area contributed by atoms with Gasteiger partial charge in [0.15, 0.2) is 5.96 Å². The van der Waals surface area contributed by atoms with Crippen LogP contribution in [0, 0.1) is 5.41 Å². The molecule has 0 aromatic carbocycles. The van der Waals surface area contributed by atoms with Gasteiger partial charge in [0.1, 0.15) is 0 Å². The van der Waals surface area contributed by atoms with E-state index < -0.39 is 5.60 Å². The molecular weight excluding hydrogens is 314 g/mol. The zero-order chi connectivity index (χ0) is 18.0. The van der Waals surface area contributed by atoms with E-state index in [1.807, 2.05) is 0 Å². The van der Waals surface area contributed by atoms with Gasteiger partial charge in [-0.25, -0.2) is 0 Å². The van der Waals surface area contributed by atoms with Crippen LogP contribution in [-0.4, -0.2) is 49.5 Å². The lowest BCUT2D eigenvalue weighted by atomic mass is 9.83. The molecule has 0 amide bonds. The minimum Gasteiger partial charge on any atom is -0.388 e. The zero-order valence-corrected chi connectivity index (χ0v) is 16.4. The largest absolute Gasteiger partial charge is 0.388 e. The molecule has 0 radical (unpaired) electrons. The highest BCUT2D eigenvalue weighted by molar-refractivity contribution is 5.79. The van der Waals surface area contributed by atoms with Crippen LogP contribution in [0.15, 0.2) is 4.99 Å². The molecule has 3 N–H and O–H groups in total. The van der Waals surface area contributed by atoms with Crippen LogP contribution in [0.4, 0.5) is 0 Å². The lowest BCUT2D eigenvalue weighted by Gasteiger charge is -2.33. The van der Waals surface area contributed by atoms with Crippen molar-refractivity contribution in [1.29, 1.82) is 0 Å². The molecular formula is C20H39N3O2. The minimum atomic E-state index is -0.561. The number of ether oxygens (including phenoxy) is 1. The third-order valence-corrected chi connectivity index (χ3v) is 5.93. The maximum Gasteiger partial charge on any atom is 0.191 e. The van der Waals surface area contributed by atoms with Crippen LogP contribution in [0.3, 0.4) is 0 Å². The van der Waals surface area contributed by atoms with Gasteiger partial charge in [-0.05, 0) is 51.4 Å². The second kappa shape index (κ2) is 10.4. The monoisotopic (exact) mass is 353 g/mol. The van der Waals surface area contributed by atoms with Crippen molar-refractivity contribution in [3.63, 3.8) is 0 Å². The SMILES string of the molecule is CCNC(=NCC1(CCOCC)CCCC1)NCC1(O)CCCCC1. The molecule has 0 saturated heterocycles. The number of aliphatic imine (C=N–C) groups is 1. The Hall–Kier alpha value is -0.810. The van der Waals surface area contributed by atoms with E-state index in [-0.39, 0.29) is 0 Å². The molecule has 2 saturated carbocycles. The van der Waals surface area contributed by atoms with Crippen molar-refractivity contribution in [3.8, 4) is 0 Å². The van der Waals surface area contributed by atoms with Crippen LogP contribution in [-0.2, 0) is 4.74 Å². The van der Waals surface area contributed by atoms with E-state index in [9.17, 15) is 5.11 Å². The lowest BCUT2D eigenvalue weighted by molar-refractivity contribution is 0.00857. The Labute approximate surface area is 154 Å². The van der Waals surface area contributed by atoms with Crippen molar-refractivity contribution in [2.75, 3.05) is 32.8 Å². The molecule has 5 nitrogen and oxygen atoms in total. The summed E-state index contributed by atoms with van der Waals surface area (Å²) in [5, 5.41) is 17.4. The number of hydrogen-bond donors (Lipinski definition) is 3. The van der Waals surface area contributed by atoms with E-state index in [1.54, 1.807) is 0 Å². The van der Waals surface area contributed by atoms with Crippen molar-refractivity contribution < 1.29 is 9.84 Å². The maximum atomic E-state index is 10.7. The van der Waals surface area contributed by atoms with Crippen LogP contribution < -0.4 is 10.6 Å². The number of guanidine groups is 1. The Morgan fingerprint density at radius 3 is 2.32 bits per heavy atom. The zero-order valence-electron chi connectivity index (χ0n) is 16.4. The first-order valence-corrected chi connectivity index (χ1v) is 10.4. The molecule has 0 spiro atoms. The van der Waals surface area contributed by atoms with Gasteiger partial charge in [-0.15, -0.1) is 0 Å². The molecule has 2 rings (SSSR count). The first kappa shape index (κ1) is 20.5. The fraction of sp³-hybridized carbons (Fsp3) is 0.950. The molecule has 0 bridgehead atoms. The van der Waals surface area contributed by atoms with Gasteiger partial charge in [-0.2, -0.15) is 0 Å². The molecule has 0 aromatic rings. The summed E-state index contributed by atoms with van der Waals surface area (Å²) in [6.07, 6.45) is 11.6. The number of aliphatic hydroxyl groups is 1. The van der Waals surface area contributed by atoms with E-state index in [2.05, 4.69) is 24.5 Å². The van der Waals surface area contributed by atoms with E-state index >= 15 is 0 Å². The van der Waals surface area contributed by atoms with Crippen LogP contribution in [0.1, 0.15) is 78.1 Å². The first-order chi connectivity index (χ1) is 12.1. The average Bonchev–Trinajstić information content (AvgIpc) is 3.07. The third-order valence-electron chi connectivity index (χ3n) is 5.93. The maximum absolute atomic E-state index is 10.7. The predicted molar refractivity (Wildman–Crippen MR) is 104 cm³/mol. The fourth-order valence-corrected chi connectivity index (χ4v) is 4.27. The molecule has 0 atom stereocenters. The minimum absolute atomic E-state index is 0.305. The summed E-state index contributed by atoms with van der Waals surface area (Å²) in [5.41, 5.74) is -0.256. The van der Waals surface area contributed by atoms with Crippen molar-refractivity contribution in [1.82, 2.24) is 10.6 Å². The number of nitrogens with one attached hydrogen (secondary N) is 2. The Balaban J connectivity index is 1.90. The van der Waals surface area contributed by atoms with Gasteiger partial charge in [0, 0.05) is 32.8 Å².